The number of hydrogen-bond acceptors (Lipinski definition) is 0. The minimum absolute atomic E-state index is 0. The summed E-state index contributed by atoms with van der Waals surface area (Å²) in [6.07, 6.45) is 0. The number of quaternary nitrogens is 9. The predicted molar refractivity (Wildman–Crippen MR) is 511 cm³/mol. The Morgan fingerprint density at radius 1 is 0.0604 bits per heavy atom. The van der Waals surface area contributed by atoms with Gasteiger partial charge in [-0.15, -0.1) is 0 Å². The van der Waals surface area contributed by atoms with Crippen molar-refractivity contribution in [1.82, 2.24) is 0 Å². The van der Waals surface area contributed by atoms with Crippen LogP contribution in [0.4, 0.5) is 0 Å². The molecule has 0 unspecified atom stereocenters. The van der Waals surface area contributed by atoms with Crippen LogP contribution in [0.1, 0.15) is 1.43 Å². The minimum Gasteiger partial charge on any atom is -0.412 e. The smallest absolute Gasteiger partial charge is 0.0675 e. The molecule has 0 saturated heterocycles. The summed E-state index contributed by atoms with van der Waals surface area (Å²) in [7, 11) is 76.5. The van der Waals surface area contributed by atoms with Gasteiger partial charge in [0.2, 0.25) is 0 Å². The summed E-state index contributed by atoms with van der Waals surface area (Å²) in [6, 6.07) is 0. The van der Waals surface area contributed by atoms with E-state index in [1.807, 2.05) is 0 Å². The van der Waals surface area contributed by atoms with Gasteiger partial charge >= 0.3 is 0 Å². The van der Waals surface area contributed by atoms with Gasteiger partial charge in [-0.1, -0.05) is 0 Å². The maximum atomic E-state index is 2.12. The van der Waals surface area contributed by atoms with Crippen molar-refractivity contribution in [3.63, 3.8) is 0 Å². The largest absolute Gasteiger partial charge is 0.412 e. The zero-order valence-electron chi connectivity index (χ0n) is 90.1. The molecule has 14 radical (unpaired) electrons. The third kappa shape index (κ3) is 21700. The summed E-state index contributed by atoms with van der Waals surface area (Å²) in [4.78, 5) is 0. The van der Waals surface area contributed by atoms with Gasteiger partial charge in [0.05, 0.1) is 254 Å². The van der Waals surface area contributed by atoms with Crippen molar-refractivity contribution in [2.75, 3.05) is 254 Å². The standard InChI is InChI=1S/9C4H12N.6Nb.78H2O.2Si.18W.H2/c9*1-5(2,3)4;;;;;;;;;;;;;;;;;;;;;;;;;;;;;;;;;;;;;;;;;;;;;;;;;;;;;;;;;;;;;;;;;;;;;;;;;;;;;;;;;;;;;;;;;;;;;;;;;;;;;;;;;/h9*1-4H3;;;;;;;78*1H2;;;;;;;;;;;;;;;;;;;;;1H/q9*+1;;;;;;;;;;;;;;;;;;;;;;;;;;;;;;;;;;;;;;;;;;;;;;;;;;;;;;;;;;;;;;;;;;;;;;;;;;;;;;;;;;;;;;;;;;;;;;;;;;;;;;;;;. The van der Waals surface area contributed by atoms with E-state index in [4.69, 9.17) is 0 Å². The van der Waals surface area contributed by atoms with E-state index in [1.165, 1.54) is 0 Å². The molecule has 0 saturated carbocycles. The molecule has 0 fully saturated rings. The topological polar surface area (TPSA) is 2460 Å². The van der Waals surface area contributed by atoms with Gasteiger partial charge in [-0.25, -0.2) is 0 Å². The Bertz CT molecular complexity index is 598. The zero-order chi connectivity index (χ0) is 40.5. The van der Waals surface area contributed by atoms with Crippen molar-refractivity contribution < 1.29 is 982 Å². The van der Waals surface area contributed by atoms with E-state index >= 15 is 0 Å². The Morgan fingerprint density at radius 2 is 0.0604 bits per heavy atom. The molecule has 0 aliphatic carbocycles. The van der Waals surface area contributed by atoms with Gasteiger partial charge in [0.25, 0.3) is 0 Å². The van der Waals surface area contributed by atoms with Gasteiger partial charge in [0.15, 0.2) is 0 Å². The summed E-state index contributed by atoms with van der Waals surface area (Å²) < 4.78 is 9.00. The monoisotopic (exact) mass is 6000 g/mol. The molecule has 0 spiro atoms. The molecule has 0 atom stereocenters. The van der Waals surface area contributed by atoms with Crippen molar-refractivity contribution in [3.05, 3.63) is 0 Å². The quantitative estimate of drug-likeness (QED) is 0.161. The molecule has 87 nitrogen and oxygen atoms in total. The van der Waals surface area contributed by atoms with Crippen LogP contribution in [0.15, 0.2) is 0 Å². The van der Waals surface area contributed by atoms with Crippen molar-refractivity contribution in [2.45, 2.75) is 0 Å². The molecule has 0 rings (SSSR count). The van der Waals surface area contributed by atoms with Crippen LogP contribution in [0.25, 0.3) is 0 Å². The van der Waals surface area contributed by atoms with E-state index in [0.717, 1.165) is 40.3 Å². The second-order valence-electron chi connectivity index (χ2n) is 24.1. The van der Waals surface area contributed by atoms with Crippen LogP contribution in [0.5, 0.6) is 0 Å². The summed E-state index contributed by atoms with van der Waals surface area (Å²) in [5, 5.41) is 0. The Hall–Kier alpha value is 13.8. The molecule has 113 heteroatoms. The van der Waals surface area contributed by atoms with Crippen LogP contribution in [-0.2, 0) is 513 Å². The van der Waals surface area contributed by atoms with Gasteiger partial charge in [0, 0.05) is 537 Å². The fourth-order valence-electron chi connectivity index (χ4n) is 0. The van der Waals surface area contributed by atoms with E-state index in [0.29, 0.717) is 0 Å². The van der Waals surface area contributed by atoms with Crippen LogP contribution >= 0.6 is 0 Å². The number of rotatable bonds is 0. The van der Waals surface area contributed by atoms with Crippen molar-refractivity contribution in [1.29, 1.82) is 0 Å². The molecule has 0 bridgehead atoms. The Morgan fingerprint density at radius 3 is 0.0604 bits per heavy atom. The molecule has 0 amide bonds. The summed E-state index contributed by atoms with van der Waals surface area (Å²) in [6.45, 7) is 0. The minimum atomic E-state index is 0. The average Bonchev–Trinajstić information content (AvgIpc) is 2.26. The second kappa shape index (κ2) is 910. The average molecular weight is 6000 g/mol. The van der Waals surface area contributed by atoms with Crippen LogP contribution in [-0.4, -0.2) is 743 Å². The molecule has 149 heavy (non-hydrogen) atoms. The summed E-state index contributed by atoms with van der Waals surface area (Å²) in [5.74, 6) is 0. The fraction of sp³-hybridized carbons (Fsp3) is 1.00. The van der Waals surface area contributed by atoms with Gasteiger partial charge in [-0.2, -0.15) is 0 Å². The van der Waals surface area contributed by atoms with E-state index < -0.39 is 0 Å². The number of nitrogens with zero attached hydrogens (tertiary/aromatic N) is 9. The van der Waals surface area contributed by atoms with E-state index in [1.54, 1.807) is 0 Å². The van der Waals surface area contributed by atoms with Crippen molar-refractivity contribution >= 4 is 21.9 Å². The molecule has 0 heterocycles. The molecule has 0 aromatic rings. The van der Waals surface area contributed by atoms with Crippen LogP contribution in [0, 0.1) is 0 Å². The van der Waals surface area contributed by atoms with Crippen LogP contribution < -0.4 is 0 Å². The molecule has 0 aromatic heterocycles. The van der Waals surface area contributed by atoms with Gasteiger partial charge in [0.1, 0.15) is 0 Å². The Labute approximate surface area is 1240 Å². The maximum absolute atomic E-state index is 2.12. The van der Waals surface area contributed by atoms with Gasteiger partial charge in [-0.3, -0.25) is 0 Å². The van der Waals surface area contributed by atoms with E-state index in [9.17, 15) is 0 Å². The molecule has 1060 valence electrons. The van der Waals surface area contributed by atoms with E-state index in [-0.39, 0.29) is 964 Å². The summed E-state index contributed by atoms with van der Waals surface area (Å²) in [5.41, 5.74) is 0. The molecule has 0 aliphatic heterocycles. The van der Waals surface area contributed by atoms with Crippen LogP contribution in [0.2, 0.25) is 0 Å². The second-order valence-corrected chi connectivity index (χ2v) is 24.1. The summed E-state index contributed by atoms with van der Waals surface area (Å²) >= 11 is 0. The third-order valence-electron chi connectivity index (χ3n) is 0. The SMILES string of the molecule is C[N+](C)(C)C.C[N+](C)(C)C.C[N+](C)(C)C.C[N+](C)(C)C.C[N+](C)(C)C.C[N+](C)(C)C.C[N+](C)(C)C.C[N+](C)(C)C.C[N+](C)(C)C.O.O.O.O.O.O.O.O.O.O.O.O.O.O.O.O.O.O.O.O.O.O.O.O.O.O.O.O.O.O.O.O.O.O.O.O.O.O.O.O.O.O.O.O.O.O.O.O.O.O.O.O.O.O.O.O.O.O.O.O.O.O.O.O.O.O.O.O.O.O.O.O.O.O.O.O.O.O.[HH].[Nb].[Nb].[Nb].[Nb].[Nb].[Nb].[Si].[Si].[W].[W].[W].[W].[W].[W].[W].[W].[W].[W].[W].[W].[W].[W].[W].[W].[W].[W]. The molecule has 0 aliphatic rings. The molecular weight excluding hydrogens is 5730 g/mol. The maximum Gasteiger partial charge on any atom is 0.0675 e. The molecular formula is C36H266N9Nb6O78Si2W18+9. The molecule has 0 aromatic carbocycles. The first-order chi connectivity index (χ1) is 18.0. The zero-order valence-corrected chi connectivity index (χ0v) is 158. The van der Waals surface area contributed by atoms with E-state index in [2.05, 4.69) is 254 Å². The first kappa shape index (κ1) is 1720. The first-order valence-corrected chi connectivity index (χ1v) is 16.1. The number of hydrogen-bond donors (Lipinski definition) is 0. The normalized spacial score (nSPS) is 3.62. The Kier molecular flexibility index (Phi) is 10500. The fourth-order valence-corrected chi connectivity index (χ4v) is 0. The van der Waals surface area contributed by atoms with Crippen molar-refractivity contribution in [3.8, 4) is 0 Å². The predicted octanol–water partition coefficient (Wildman–Crippen LogP) is -62.0. The van der Waals surface area contributed by atoms with Gasteiger partial charge < -0.3 is 467 Å². The van der Waals surface area contributed by atoms with Gasteiger partial charge in [-0.05, 0) is 0 Å². The third-order valence-corrected chi connectivity index (χ3v) is 0. The first-order valence-electron chi connectivity index (χ1n) is 16.1. The van der Waals surface area contributed by atoms with Crippen molar-refractivity contribution in [2.24, 2.45) is 0 Å². The Balaban J connectivity index is -0.000000000798. The molecule has 156 N–H and O–H groups in total. The van der Waals surface area contributed by atoms with Crippen LogP contribution in [0.3, 0.4) is 0 Å².